The van der Waals surface area contributed by atoms with Crippen LogP contribution < -0.4 is 5.32 Å². The Morgan fingerprint density at radius 3 is 2.46 bits per heavy atom. The number of fused-ring (bicyclic) bond motifs is 3. The molecule has 1 heterocycles. The van der Waals surface area contributed by atoms with Gasteiger partial charge in [-0.15, -0.1) is 0 Å². The Hall–Kier alpha value is -2.08. The van der Waals surface area contributed by atoms with Crippen LogP contribution in [0, 0.1) is 16.2 Å². The Morgan fingerprint density at radius 1 is 1.12 bits per heavy atom. The van der Waals surface area contributed by atoms with Gasteiger partial charge < -0.3 is 5.32 Å². The van der Waals surface area contributed by atoms with E-state index >= 15 is 0 Å². The summed E-state index contributed by atoms with van der Waals surface area (Å²) in [5.74, 6) is -1.34. The molecule has 24 heavy (non-hydrogen) atoms. The van der Waals surface area contributed by atoms with Gasteiger partial charge in [-0.2, -0.15) is 0 Å². The monoisotopic (exact) mass is 342 g/mol. The highest BCUT2D eigenvalue weighted by molar-refractivity contribution is 7.22. The van der Waals surface area contributed by atoms with Crippen LogP contribution in [0.25, 0.3) is 10.2 Å². The van der Waals surface area contributed by atoms with Crippen molar-refractivity contribution in [2.45, 2.75) is 33.6 Å². The number of nitrogens with zero attached hydrogens (tertiary/aromatic N) is 1. The minimum atomic E-state index is -1.28. The van der Waals surface area contributed by atoms with Gasteiger partial charge in [0.2, 0.25) is 17.5 Å². The molecule has 0 spiro atoms. The predicted molar refractivity (Wildman–Crippen MR) is 91.8 cm³/mol. The van der Waals surface area contributed by atoms with Gasteiger partial charge in [0.25, 0.3) is 0 Å². The lowest BCUT2D eigenvalue weighted by Crippen LogP contribution is -2.47. The van der Waals surface area contributed by atoms with Gasteiger partial charge in [-0.3, -0.25) is 14.4 Å². The molecule has 1 aromatic carbocycles. The molecule has 0 aliphatic heterocycles. The fraction of sp³-hybridized carbons (Fsp3) is 0.444. The largest absolute Gasteiger partial charge is 0.301 e. The average molecular weight is 342 g/mol. The van der Waals surface area contributed by atoms with Crippen LogP contribution in [0.3, 0.4) is 0 Å². The Kier molecular flexibility index (Phi) is 2.90. The van der Waals surface area contributed by atoms with Gasteiger partial charge >= 0.3 is 0 Å². The maximum Gasteiger partial charge on any atom is 0.240 e. The van der Waals surface area contributed by atoms with Crippen molar-refractivity contribution < 1.29 is 14.4 Å². The number of rotatable bonds is 2. The summed E-state index contributed by atoms with van der Waals surface area (Å²) >= 11 is 1.37. The van der Waals surface area contributed by atoms with Gasteiger partial charge in [0.15, 0.2) is 5.13 Å². The van der Waals surface area contributed by atoms with Crippen LogP contribution >= 0.6 is 11.3 Å². The number of carbonyl (C=O) groups excluding carboxylic acids is 3. The lowest BCUT2D eigenvalue weighted by atomic mass is 9.64. The molecule has 1 N–H and O–H groups in total. The van der Waals surface area contributed by atoms with E-state index in [-0.39, 0.29) is 0 Å². The molecule has 2 aromatic rings. The molecule has 2 saturated carbocycles. The molecule has 1 amide bonds. The van der Waals surface area contributed by atoms with E-state index < -0.39 is 33.7 Å². The number of thiazole rings is 1. The third-order valence-corrected chi connectivity index (χ3v) is 7.40. The van der Waals surface area contributed by atoms with Crippen molar-refractivity contribution >= 4 is 44.2 Å². The zero-order chi connectivity index (χ0) is 17.3. The van der Waals surface area contributed by atoms with E-state index in [0.717, 1.165) is 10.2 Å². The molecule has 124 valence electrons. The van der Waals surface area contributed by atoms with Crippen molar-refractivity contribution in [2.75, 3.05) is 5.32 Å². The first-order valence-corrected chi connectivity index (χ1v) is 8.82. The van der Waals surface area contributed by atoms with E-state index in [1.54, 1.807) is 0 Å². The average Bonchev–Trinajstić information content (AvgIpc) is 3.06. The summed E-state index contributed by atoms with van der Waals surface area (Å²) in [5.41, 5.74) is -1.93. The number of para-hydroxylation sites is 1. The molecule has 2 aliphatic carbocycles. The van der Waals surface area contributed by atoms with Gasteiger partial charge in [0.05, 0.1) is 10.2 Å². The number of nitrogens with one attached hydrogen (secondary N) is 1. The number of aromatic nitrogens is 1. The Bertz CT molecular complexity index is 883. The molecule has 5 nitrogen and oxygen atoms in total. The second kappa shape index (κ2) is 4.51. The fourth-order valence-electron chi connectivity index (χ4n) is 4.40. The lowest BCUT2D eigenvalue weighted by molar-refractivity contribution is -0.147. The van der Waals surface area contributed by atoms with Gasteiger partial charge in [-0.25, -0.2) is 4.98 Å². The molecule has 2 bridgehead atoms. The Labute approximate surface area is 143 Å². The van der Waals surface area contributed by atoms with Crippen LogP contribution in [0.1, 0.15) is 33.6 Å². The third kappa shape index (κ3) is 1.55. The molecular formula is C18H18N2O3S. The summed E-state index contributed by atoms with van der Waals surface area (Å²) in [7, 11) is 0. The van der Waals surface area contributed by atoms with Crippen molar-refractivity contribution in [1.29, 1.82) is 0 Å². The standard InChI is InChI=1S/C18H18N2O3S/c1-16(2)17(3)8-9-18(16,13(22)12(17)21)14(23)20-15-19-10-6-4-5-7-11(10)24-15/h4-7H,8-9H2,1-3H3,(H,19,20,23)/t17-,18-/m1/s1. The summed E-state index contributed by atoms with van der Waals surface area (Å²) in [6, 6.07) is 7.61. The molecule has 0 unspecified atom stereocenters. The highest BCUT2D eigenvalue weighted by Gasteiger charge is 2.77. The summed E-state index contributed by atoms with van der Waals surface area (Å²) in [6.07, 6.45) is 0.982. The molecule has 1 aromatic heterocycles. The van der Waals surface area contributed by atoms with Gasteiger partial charge in [0.1, 0.15) is 5.41 Å². The molecule has 6 heteroatoms. The first-order chi connectivity index (χ1) is 11.2. The minimum Gasteiger partial charge on any atom is -0.301 e. The van der Waals surface area contributed by atoms with Gasteiger partial charge in [-0.05, 0) is 30.4 Å². The van der Waals surface area contributed by atoms with Crippen LogP contribution in [-0.2, 0) is 14.4 Å². The maximum atomic E-state index is 13.1. The molecule has 2 aliphatic rings. The topological polar surface area (TPSA) is 76.1 Å². The number of carbonyl (C=O) groups is 3. The van der Waals surface area contributed by atoms with E-state index in [2.05, 4.69) is 10.3 Å². The first kappa shape index (κ1) is 15.4. The van der Waals surface area contributed by atoms with Gasteiger partial charge in [0, 0.05) is 5.41 Å². The van der Waals surface area contributed by atoms with Crippen LogP contribution in [0.5, 0.6) is 0 Å². The zero-order valence-electron chi connectivity index (χ0n) is 13.8. The van der Waals surface area contributed by atoms with E-state index in [1.807, 2.05) is 45.0 Å². The van der Waals surface area contributed by atoms with Crippen LogP contribution in [0.4, 0.5) is 5.13 Å². The van der Waals surface area contributed by atoms with Crippen LogP contribution in [0.2, 0.25) is 0 Å². The number of benzene rings is 1. The Balaban J connectivity index is 1.74. The second-order valence-corrected chi connectivity index (χ2v) is 8.49. The normalized spacial score (nSPS) is 31.0. The molecule has 2 atom stereocenters. The van der Waals surface area contributed by atoms with E-state index in [4.69, 9.17) is 0 Å². The van der Waals surface area contributed by atoms with Crippen LogP contribution in [-0.4, -0.2) is 22.5 Å². The quantitative estimate of drug-likeness (QED) is 0.672. The van der Waals surface area contributed by atoms with Crippen molar-refractivity contribution in [1.82, 2.24) is 4.98 Å². The highest BCUT2D eigenvalue weighted by atomic mass is 32.1. The molecule has 0 radical (unpaired) electrons. The maximum absolute atomic E-state index is 13.1. The van der Waals surface area contributed by atoms with Crippen LogP contribution in [0.15, 0.2) is 24.3 Å². The predicted octanol–water partition coefficient (Wildman–Crippen LogP) is 3.20. The van der Waals surface area contributed by atoms with Crippen molar-refractivity contribution in [3.05, 3.63) is 24.3 Å². The van der Waals surface area contributed by atoms with Crippen molar-refractivity contribution in [2.24, 2.45) is 16.2 Å². The highest BCUT2D eigenvalue weighted by Crippen LogP contribution is 2.69. The van der Waals surface area contributed by atoms with E-state index in [0.29, 0.717) is 18.0 Å². The number of anilines is 1. The summed E-state index contributed by atoms with van der Waals surface area (Å²) < 4.78 is 0.967. The number of ketones is 2. The van der Waals surface area contributed by atoms with E-state index in [9.17, 15) is 14.4 Å². The lowest BCUT2D eigenvalue weighted by Gasteiger charge is -2.36. The zero-order valence-corrected chi connectivity index (χ0v) is 14.6. The number of amides is 1. The number of hydrogen-bond acceptors (Lipinski definition) is 5. The summed E-state index contributed by atoms with van der Waals surface area (Å²) in [6.45, 7) is 5.54. The third-order valence-electron chi connectivity index (χ3n) is 6.44. The smallest absolute Gasteiger partial charge is 0.240 e. The molecular weight excluding hydrogens is 324 g/mol. The van der Waals surface area contributed by atoms with E-state index in [1.165, 1.54) is 11.3 Å². The molecule has 0 saturated heterocycles. The molecule has 4 rings (SSSR count). The number of Topliss-reactive ketones (excluding diaryl/α,β-unsaturated/α-hetero) is 2. The van der Waals surface area contributed by atoms with Crippen molar-refractivity contribution in [3.8, 4) is 0 Å². The summed E-state index contributed by atoms with van der Waals surface area (Å²) in [5, 5.41) is 3.28. The number of hydrogen-bond donors (Lipinski definition) is 1. The minimum absolute atomic E-state index is 0.397. The molecule has 2 fully saturated rings. The van der Waals surface area contributed by atoms with Gasteiger partial charge in [-0.1, -0.05) is 44.2 Å². The van der Waals surface area contributed by atoms with Crippen molar-refractivity contribution in [3.63, 3.8) is 0 Å². The fourth-order valence-corrected chi connectivity index (χ4v) is 5.26. The Morgan fingerprint density at radius 2 is 1.83 bits per heavy atom. The SMILES string of the molecule is CC1(C)[C@]2(C(=O)Nc3nc4ccccc4s3)CC[C@]1(C)C(=O)C2=O. The first-order valence-electron chi connectivity index (χ1n) is 8.00. The second-order valence-electron chi connectivity index (χ2n) is 7.46. The summed E-state index contributed by atoms with van der Waals surface area (Å²) in [4.78, 5) is 42.6.